The van der Waals surface area contributed by atoms with Gasteiger partial charge in [-0.2, -0.15) is 0 Å². The molecule has 2 saturated heterocycles. The second-order valence-corrected chi connectivity index (χ2v) is 8.06. The molecule has 0 unspecified atom stereocenters. The fraction of sp³-hybridized carbons (Fsp3) is 0.947. The maximum Gasteiger partial charge on any atom is 0.191 e. The highest BCUT2D eigenvalue weighted by atomic mass is 16.5. The molecule has 0 radical (unpaired) electrons. The summed E-state index contributed by atoms with van der Waals surface area (Å²) in [7, 11) is 0. The molecule has 0 atom stereocenters. The predicted octanol–water partition coefficient (Wildman–Crippen LogP) is 1.38. The van der Waals surface area contributed by atoms with E-state index in [1.165, 1.54) is 25.9 Å². The first-order valence-electron chi connectivity index (χ1n) is 10.1. The number of hydrogen-bond donors (Lipinski definition) is 2. The zero-order chi connectivity index (χ0) is 18.1. The number of piperidine rings is 1. The Morgan fingerprint density at radius 1 is 1.12 bits per heavy atom. The summed E-state index contributed by atoms with van der Waals surface area (Å²) in [6.45, 7) is 18.9. The van der Waals surface area contributed by atoms with Crippen molar-refractivity contribution in [1.82, 2.24) is 20.4 Å². The summed E-state index contributed by atoms with van der Waals surface area (Å²) in [6, 6.07) is 0. The van der Waals surface area contributed by atoms with E-state index in [1.807, 2.05) is 0 Å². The Morgan fingerprint density at radius 2 is 1.80 bits per heavy atom. The number of nitrogens with one attached hydrogen (secondary N) is 2. The highest BCUT2D eigenvalue weighted by molar-refractivity contribution is 5.79. The third-order valence-electron chi connectivity index (χ3n) is 5.43. The van der Waals surface area contributed by atoms with Gasteiger partial charge in [0.2, 0.25) is 0 Å². The zero-order valence-corrected chi connectivity index (χ0v) is 16.8. The predicted molar refractivity (Wildman–Crippen MR) is 105 cm³/mol. The first kappa shape index (κ1) is 20.5. The van der Waals surface area contributed by atoms with Crippen LogP contribution < -0.4 is 10.6 Å². The Morgan fingerprint density at radius 3 is 2.44 bits per heavy atom. The van der Waals surface area contributed by atoms with Gasteiger partial charge in [0.15, 0.2) is 5.96 Å². The lowest BCUT2D eigenvalue weighted by Crippen LogP contribution is -2.52. The molecule has 25 heavy (non-hydrogen) atoms. The quantitative estimate of drug-likeness (QED) is 0.535. The Bertz CT molecular complexity index is 399. The van der Waals surface area contributed by atoms with Gasteiger partial charge in [0, 0.05) is 38.3 Å². The number of rotatable bonds is 7. The van der Waals surface area contributed by atoms with Gasteiger partial charge in [-0.3, -0.25) is 9.89 Å². The first-order chi connectivity index (χ1) is 12.0. The minimum atomic E-state index is 0.0646. The zero-order valence-electron chi connectivity index (χ0n) is 16.8. The van der Waals surface area contributed by atoms with Gasteiger partial charge in [-0.15, -0.1) is 0 Å². The van der Waals surface area contributed by atoms with E-state index in [0.717, 1.165) is 64.4 Å². The van der Waals surface area contributed by atoms with Crippen LogP contribution in [0.15, 0.2) is 4.99 Å². The second kappa shape index (κ2) is 10.3. The van der Waals surface area contributed by atoms with Gasteiger partial charge in [0.1, 0.15) is 0 Å². The molecule has 0 bridgehead atoms. The first-order valence-corrected chi connectivity index (χ1v) is 10.1. The number of morpholine rings is 1. The molecule has 2 N–H and O–H groups in total. The van der Waals surface area contributed by atoms with Crippen LogP contribution in [0.5, 0.6) is 0 Å². The highest BCUT2D eigenvalue weighted by Gasteiger charge is 2.28. The summed E-state index contributed by atoms with van der Waals surface area (Å²) in [6.07, 6.45) is 2.67. The van der Waals surface area contributed by atoms with Gasteiger partial charge in [-0.25, -0.2) is 0 Å². The van der Waals surface area contributed by atoms with Crippen molar-refractivity contribution in [3.05, 3.63) is 0 Å². The minimum absolute atomic E-state index is 0.0646. The molecule has 0 amide bonds. The minimum Gasteiger partial charge on any atom is -0.379 e. The molecule has 0 spiro atoms. The molecule has 146 valence electrons. The van der Waals surface area contributed by atoms with Crippen LogP contribution in [0, 0.1) is 5.92 Å². The summed E-state index contributed by atoms with van der Waals surface area (Å²) >= 11 is 0. The van der Waals surface area contributed by atoms with Crippen molar-refractivity contribution in [2.24, 2.45) is 10.9 Å². The fourth-order valence-corrected chi connectivity index (χ4v) is 3.50. The molecule has 6 heteroatoms. The Balaban J connectivity index is 1.76. The third-order valence-corrected chi connectivity index (χ3v) is 5.43. The van der Waals surface area contributed by atoms with E-state index in [-0.39, 0.29) is 5.54 Å². The molecule has 0 aromatic heterocycles. The van der Waals surface area contributed by atoms with Crippen LogP contribution >= 0.6 is 0 Å². The molecule has 2 rings (SSSR count). The molecule has 6 nitrogen and oxygen atoms in total. The Labute approximate surface area is 154 Å². The molecular weight excluding hydrogens is 314 g/mol. The summed E-state index contributed by atoms with van der Waals surface area (Å²) in [5, 5.41) is 6.89. The lowest BCUT2D eigenvalue weighted by atomic mass is 9.99. The van der Waals surface area contributed by atoms with Gasteiger partial charge < -0.3 is 20.3 Å². The van der Waals surface area contributed by atoms with Crippen LogP contribution in [0.1, 0.15) is 40.5 Å². The topological polar surface area (TPSA) is 52.1 Å². The SMILES string of the molecule is CCNC(=NCC(C)(C)N1CCOCC1)NCCN1CCC(C)CC1. The van der Waals surface area contributed by atoms with E-state index in [0.29, 0.717) is 0 Å². The summed E-state index contributed by atoms with van der Waals surface area (Å²) < 4.78 is 5.47. The Hall–Kier alpha value is -0.850. The fourth-order valence-electron chi connectivity index (χ4n) is 3.50. The maximum absolute atomic E-state index is 5.47. The van der Waals surface area contributed by atoms with Gasteiger partial charge in [-0.1, -0.05) is 6.92 Å². The summed E-state index contributed by atoms with van der Waals surface area (Å²) in [5.74, 6) is 1.83. The van der Waals surface area contributed by atoms with Gasteiger partial charge in [0.05, 0.1) is 19.8 Å². The van der Waals surface area contributed by atoms with Gasteiger partial charge in [-0.05, 0) is 52.6 Å². The molecule has 2 fully saturated rings. The molecule has 0 aromatic rings. The maximum atomic E-state index is 5.47. The van der Waals surface area contributed by atoms with Crippen LogP contribution in [-0.4, -0.2) is 86.9 Å². The average Bonchev–Trinajstić information content (AvgIpc) is 2.62. The summed E-state index contributed by atoms with van der Waals surface area (Å²) in [5.41, 5.74) is 0.0646. The van der Waals surface area contributed by atoms with Gasteiger partial charge in [0.25, 0.3) is 0 Å². The van der Waals surface area contributed by atoms with Crippen molar-refractivity contribution in [2.45, 2.75) is 46.1 Å². The molecule has 2 aliphatic rings. The van der Waals surface area contributed by atoms with E-state index < -0.39 is 0 Å². The monoisotopic (exact) mass is 353 g/mol. The van der Waals surface area contributed by atoms with Crippen molar-refractivity contribution < 1.29 is 4.74 Å². The smallest absolute Gasteiger partial charge is 0.191 e. The highest BCUT2D eigenvalue weighted by Crippen LogP contribution is 2.17. The normalized spacial score (nSPS) is 22.2. The molecule has 0 aromatic carbocycles. The van der Waals surface area contributed by atoms with E-state index in [4.69, 9.17) is 9.73 Å². The van der Waals surface area contributed by atoms with Gasteiger partial charge >= 0.3 is 0 Å². The lowest BCUT2D eigenvalue weighted by Gasteiger charge is -2.40. The van der Waals surface area contributed by atoms with Crippen LogP contribution in [0.4, 0.5) is 0 Å². The van der Waals surface area contributed by atoms with Crippen molar-refractivity contribution >= 4 is 5.96 Å². The summed E-state index contributed by atoms with van der Waals surface area (Å²) in [4.78, 5) is 9.90. The van der Waals surface area contributed by atoms with Crippen LogP contribution in [0.3, 0.4) is 0 Å². The molecule has 0 aliphatic carbocycles. The van der Waals surface area contributed by atoms with Crippen molar-refractivity contribution in [1.29, 1.82) is 0 Å². The van der Waals surface area contributed by atoms with E-state index in [2.05, 4.69) is 48.1 Å². The number of aliphatic imine (C=N–C) groups is 1. The number of nitrogens with zero attached hydrogens (tertiary/aromatic N) is 3. The molecular formula is C19H39N5O. The average molecular weight is 354 g/mol. The third kappa shape index (κ3) is 7.12. The molecule has 2 aliphatic heterocycles. The van der Waals surface area contributed by atoms with Crippen molar-refractivity contribution in [2.75, 3.05) is 65.6 Å². The number of ether oxygens (including phenoxy) is 1. The standard InChI is InChI=1S/C19H39N5O/c1-5-20-18(21-8-11-23-9-6-17(2)7-10-23)22-16-19(3,4)24-12-14-25-15-13-24/h17H,5-16H2,1-4H3,(H2,20,21,22). The lowest BCUT2D eigenvalue weighted by molar-refractivity contribution is -0.00683. The second-order valence-electron chi connectivity index (χ2n) is 8.06. The van der Waals surface area contributed by atoms with Crippen molar-refractivity contribution in [3.63, 3.8) is 0 Å². The van der Waals surface area contributed by atoms with Crippen molar-refractivity contribution in [3.8, 4) is 0 Å². The molecule has 2 heterocycles. The van der Waals surface area contributed by atoms with Crippen LogP contribution in [-0.2, 0) is 4.74 Å². The molecule has 0 saturated carbocycles. The number of likely N-dealkylation sites (tertiary alicyclic amines) is 1. The number of guanidine groups is 1. The van der Waals surface area contributed by atoms with E-state index >= 15 is 0 Å². The van der Waals surface area contributed by atoms with E-state index in [9.17, 15) is 0 Å². The van der Waals surface area contributed by atoms with Crippen LogP contribution in [0.25, 0.3) is 0 Å². The number of hydrogen-bond acceptors (Lipinski definition) is 4. The largest absolute Gasteiger partial charge is 0.379 e. The van der Waals surface area contributed by atoms with Crippen LogP contribution in [0.2, 0.25) is 0 Å². The Kier molecular flexibility index (Phi) is 8.46. The van der Waals surface area contributed by atoms with E-state index in [1.54, 1.807) is 0 Å².